The monoisotopic (exact) mass is 414 g/mol. The van der Waals surface area contributed by atoms with Crippen LogP contribution in [0.4, 0.5) is 5.95 Å². The van der Waals surface area contributed by atoms with E-state index in [4.69, 9.17) is 16.7 Å². The van der Waals surface area contributed by atoms with Crippen LogP contribution in [0.3, 0.4) is 0 Å². The topological polar surface area (TPSA) is 77.4 Å². The number of halogens is 1. The summed E-state index contributed by atoms with van der Waals surface area (Å²) in [5, 5.41) is 7.27. The second-order valence-electron chi connectivity index (χ2n) is 8.36. The summed E-state index contributed by atoms with van der Waals surface area (Å²) in [4.78, 5) is 29.9. The van der Waals surface area contributed by atoms with Crippen LogP contribution in [0, 0.1) is 5.41 Å². The largest absolute Gasteiger partial charge is 0.332 e. The third-order valence-electron chi connectivity index (χ3n) is 5.20. The van der Waals surface area contributed by atoms with Crippen molar-refractivity contribution in [3.63, 3.8) is 0 Å². The average Bonchev–Trinajstić information content (AvgIpc) is 3.04. The minimum Gasteiger partial charge on any atom is -0.297 e. The summed E-state index contributed by atoms with van der Waals surface area (Å²) >= 11 is 6.15. The third-order valence-corrected chi connectivity index (χ3v) is 5.43. The highest BCUT2D eigenvalue weighted by Crippen LogP contribution is 2.30. The zero-order valence-corrected chi connectivity index (χ0v) is 17.9. The molecule has 1 aromatic carbocycles. The van der Waals surface area contributed by atoms with Gasteiger partial charge in [0.25, 0.3) is 5.56 Å². The lowest BCUT2D eigenvalue weighted by Crippen LogP contribution is -2.39. The molecular weight excluding hydrogens is 392 g/mol. The lowest BCUT2D eigenvalue weighted by Gasteiger charge is -2.31. The number of aryl methyl sites for hydroxylation is 1. The maximum absolute atomic E-state index is 12.9. The van der Waals surface area contributed by atoms with Crippen molar-refractivity contribution in [3.05, 3.63) is 55.7 Å². The fraction of sp³-hybridized carbons (Fsp3) is 0.400. The summed E-state index contributed by atoms with van der Waals surface area (Å²) in [6.07, 6.45) is 0. The molecule has 0 aliphatic carbocycles. The smallest absolute Gasteiger partial charge is 0.297 e. The van der Waals surface area contributed by atoms with Crippen LogP contribution < -0.4 is 16.3 Å². The van der Waals surface area contributed by atoms with Crippen molar-refractivity contribution in [2.45, 2.75) is 33.9 Å². The molecule has 0 bridgehead atoms. The van der Waals surface area contributed by atoms with Crippen molar-refractivity contribution in [3.8, 4) is 0 Å². The molecule has 0 radical (unpaired) electrons. The predicted molar refractivity (Wildman–Crippen MR) is 115 cm³/mol. The molecule has 3 heterocycles. The molecule has 8 nitrogen and oxygen atoms in total. The molecule has 0 fully saturated rings. The van der Waals surface area contributed by atoms with Crippen LogP contribution in [0.25, 0.3) is 11.2 Å². The van der Waals surface area contributed by atoms with E-state index in [-0.39, 0.29) is 11.0 Å². The van der Waals surface area contributed by atoms with Gasteiger partial charge in [-0.15, -0.1) is 0 Å². The number of anilines is 1. The molecule has 0 saturated heterocycles. The van der Waals surface area contributed by atoms with E-state index in [0.29, 0.717) is 35.2 Å². The van der Waals surface area contributed by atoms with Gasteiger partial charge in [0.2, 0.25) is 5.95 Å². The number of fused-ring (bicyclic) bond motifs is 3. The third kappa shape index (κ3) is 3.17. The highest BCUT2D eigenvalue weighted by molar-refractivity contribution is 6.30. The van der Waals surface area contributed by atoms with Crippen molar-refractivity contribution in [2.75, 3.05) is 5.01 Å². The maximum atomic E-state index is 12.9. The van der Waals surface area contributed by atoms with Gasteiger partial charge in [0.1, 0.15) is 0 Å². The standard InChI is InChI=1S/C20H23ClN6O2/c1-20(2,3)14-11-26-15-16(24(4)19(29)25(5)17(15)28)22-18(26)27(23-14)10-12-7-6-8-13(21)9-12/h6-9H,10-11H2,1-5H3. The number of aromatic nitrogens is 4. The van der Waals surface area contributed by atoms with Crippen molar-refractivity contribution in [1.29, 1.82) is 0 Å². The summed E-state index contributed by atoms with van der Waals surface area (Å²) in [7, 11) is 3.10. The summed E-state index contributed by atoms with van der Waals surface area (Å²) in [6.45, 7) is 7.14. The first-order chi connectivity index (χ1) is 13.6. The van der Waals surface area contributed by atoms with Gasteiger partial charge in [0, 0.05) is 24.5 Å². The molecule has 4 rings (SSSR count). The van der Waals surface area contributed by atoms with E-state index in [1.165, 1.54) is 11.6 Å². The number of rotatable bonds is 2. The molecule has 2 aromatic heterocycles. The number of hydrazone groups is 1. The van der Waals surface area contributed by atoms with Crippen LogP contribution in [0.2, 0.25) is 5.02 Å². The highest BCUT2D eigenvalue weighted by Gasteiger charge is 2.31. The van der Waals surface area contributed by atoms with Crippen LogP contribution in [-0.2, 0) is 27.2 Å². The fourth-order valence-corrected chi connectivity index (χ4v) is 3.67. The number of hydrogen-bond donors (Lipinski definition) is 0. The Hall–Kier alpha value is -2.87. The Kier molecular flexibility index (Phi) is 4.42. The van der Waals surface area contributed by atoms with Gasteiger partial charge >= 0.3 is 5.69 Å². The molecule has 152 valence electrons. The van der Waals surface area contributed by atoms with E-state index in [9.17, 15) is 9.59 Å². The first kappa shape index (κ1) is 19.4. The molecule has 0 atom stereocenters. The molecule has 29 heavy (non-hydrogen) atoms. The van der Waals surface area contributed by atoms with Crippen molar-refractivity contribution >= 4 is 34.4 Å². The summed E-state index contributed by atoms with van der Waals surface area (Å²) in [5.41, 5.74) is 1.68. The Morgan fingerprint density at radius 1 is 1.14 bits per heavy atom. The van der Waals surface area contributed by atoms with E-state index in [1.807, 2.05) is 28.8 Å². The first-order valence-corrected chi connectivity index (χ1v) is 9.72. The summed E-state index contributed by atoms with van der Waals surface area (Å²) in [5.74, 6) is 0.534. The molecule has 0 unspecified atom stereocenters. The van der Waals surface area contributed by atoms with Crippen LogP contribution in [0.15, 0.2) is 39.0 Å². The average molecular weight is 415 g/mol. The molecule has 1 aliphatic rings. The number of benzene rings is 1. The molecule has 0 N–H and O–H groups in total. The van der Waals surface area contributed by atoms with E-state index >= 15 is 0 Å². The SMILES string of the molecule is Cn1c(=O)c2c(nc3n2CC(C(C)(C)C)=NN3Cc2cccc(Cl)c2)n(C)c1=O. The molecule has 3 aromatic rings. The van der Waals surface area contributed by atoms with Crippen LogP contribution in [0.5, 0.6) is 0 Å². The second-order valence-corrected chi connectivity index (χ2v) is 8.80. The summed E-state index contributed by atoms with van der Waals surface area (Å²) in [6, 6.07) is 7.55. The van der Waals surface area contributed by atoms with Gasteiger partial charge in [-0.3, -0.25) is 18.5 Å². The normalized spacial score (nSPS) is 14.3. The lowest BCUT2D eigenvalue weighted by molar-refractivity contribution is 0.549. The van der Waals surface area contributed by atoms with Gasteiger partial charge < -0.3 is 0 Å². The van der Waals surface area contributed by atoms with Crippen LogP contribution >= 0.6 is 11.6 Å². The van der Waals surface area contributed by atoms with Gasteiger partial charge in [0.15, 0.2) is 11.2 Å². The zero-order valence-electron chi connectivity index (χ0n) is 17.1. The number of nitrogens with zero attached hydrogens (tertiary/aromatic N) is 6. The molecular formula is C20H23ClN6O2. The maximum Gasteiger partial charge on any atom is 0.332 e. The minimum atomic E-state index is -0.406. The fourth-order valence-electron chi connectivity index (χ4n) is 3.46. The van der Waals surface area contributed by atoms with E-state index in [1.54, 1.807) is 12.1 Å². The highest BCUT2D eigenvalue weighted by atomic mass is 35.5. The predicted octanol–water partition coefficient (Wildman–Crippen LogP) is 2.51. The Balaban J connectivity index is 1.96. The van der Waals surface area contributed by atoms with E-state index in [2.05, 4.69) is 25.8 Å². The van der Waals surface area contributed by atoms with Crippen molar-refractivity contribution in [1.82, 2.24) is 18.7 Å². The molecule has 0 amide bonds. The number of imidazole rings is 1. The summed E-state index contributed by atoms with van der Waals surface area (Å²) < 4.78 is 4.37. The van der Waals surface area contributed by atoms with Gasteiger partial charge in [-0.25, -0.2) is 9.80 Å². The van der Waals surface area contributed by atoms with Crippen LogP contribution in [-0.4, -0.2) is 24.4 Å². The number of hydrogen-bond acceptors (Lipinski definition) is 5. The molecule has 0 spiro atoms. The second kappa shape index (κ2) is 6.59. The molecule has 0 saturated carbocycles. The molecule has 9 heteroatoms. The Bertz CT molecular complexity index is 1280. The Labute approximate surface area is 172 Å². The quantitative estimate of drug-likeness (QED) is 0.645. The Morgan fingerprint density at radius 3 is 2.52 bits per heavy atom. The van der Waals surface area contributed by atoms with Gasteiger partial charge in [-0.05, 0) is 17.7 Å². The van der Waals surface area contributed by atoms with Crippen molar-refractivity contribution < 1.29 is 0 Å². The van der Waals surface area contributed by atoms with Crippen LogP contribution in [0.1, 0.15) is 26.3 Å². The van der Waals surface area contributed by atoms with E-state index < -0.39 is 5.69 Å². The first-order valence-electron chi connectivity index (χ1n) is 9.34. The lowest BCUT2D eigenvalue weighted by atomic mass is 9.89. The zero-order chi connectivity index (χ0) is 21.1. The Morgan fingerprint density at radius 2 is 1.86 bits per heavy atom. The van der Waals surface area contributed by atoms with E-state index in [0.717, 1.165) is 15.8 Å². The van der Waals surface area contributed by atoms with Crippen molar-refractivity contribution in [2.24, 2.45) is 24.6 Å². The molecule has 1 aliphatic heterocycles. The van der Waals surface area contributed by atoms with Gasteiger partial charge in [0.05, 0.1) is 18.8 Å². The van der Waals surface area contributed by atoms with Gasteiger partial charge in [-0.2, -0.15) is 10.1 Å². The minimum absolute atomic E-state index is 0.202. The van der Waals surface area contributed by atoms with Gasteiger partial charge in [-0.1, -0.05) is 44.5 Å².